The molecule has 1 N–H and O–H groups in total. The van der Waals surface area contributed by atoms with Gasteiger partial charge in [0.05, 0.1) is 0 Å². The van der Waals surface area contributed by atoms with Gasteiger partial charge in [0, 0.05) is 23.4 Å². The van der Waals surface area contributed by atoms with Gasteiger partial charge >= 0.3 is 6.09 Å². The zero-order valence-electron chi connectivity index (χ0n) is 13.6. The fourth-order valence-electron chi connectivity index (χ4n) is 1.83. The van der Waals surface area contributed by atoms with Crippen LogP contribution in [0.2, 0.25) is 0 Å². The second kappa shape index (κ2) is 8.32. The van der Waals surface area contributed by atoms with E-state index < -0.39 is 11.7 Å². The highest BCUT2D eigenvalue weighted by Gasteiger charge is 2.18. The van der Waals surface area contributed by atoms with Crippen LogP contribution in [-0.2, 0) is 16.0 Å². The van der Waals surface area contributed by atoms with E-state index in [0.29, 0.717) is 19.4 Å². The van der Waals surface area contributed by atoms with Gasteiger partial charge in [-0.15, -0.1) is 0 Å². The largest absolute Gasteiger partial charge is 0.444 e. The number of hydrogen-bond acceptors (Lipinski definition) is 3. The fourth-order valence-corrected chi connectivity index (χ4v) is 2.09. The maximum Gasteiger partial charge on any atom is 0.407 e. The van der Waals surface area contributed by atoms with Gasteiger partial charge in [-0.1, -0.05) is 35.0 Å². The normalized spacial score (nSPS) is 12.6. The van der Waals surface area contributed by atoms with Crippen molar-refractivity contribution in [2.75, 3.05) is 6.54 Å². The Bertz CT molecular complexity index is 506. The molecule has 0 aliphatic heterocycles. The van der Waals surface area contributed by atoms with Crippen molar-refractivity contribution in [2.24, 2.45) is 5.92 Å². The number of carbonyl (C=O) groups excluding carboxylic acids is 2. The van der Waals surface area contributed by atoms with Gasteiger partial charge in [-0.2, -0.15) is 0 Å². The van der Waals surface area contributed by atoms with Crippen molar-refractivity contribution in [1.29, 1.82) is 0 Å². The van der Waals surface area contributed by atoms with Crippen molar-refractivity contribution < 1.29 is 14.3 Å². The van der Waals surface area contributed by atoms with Crippen LogP contribution in [0.4, 0.5) is 4.79 Å². The monoisotopic (exact) mass is 369 g/mol. The summed E-state index contributed by atoms with van der Waals surface area (Å²) in [7, 11) is 0. The lowest BCUT2D eigenvalue weighted by Crippen LogP contribution is -2.36. The topological polar surface area (TPSA) is 55.4 Å². The molecule has 1 amide bonds. The number of Topliss-reactive ketones (excluding diaryl/α,β-unsaturated/α-hetero) is 1. The molecule has 1 atom stereocenters. The molecule has 0 aliphatic carbocycles. The predicted molar refractivity (Wildman–Crippen MR) is 90.9 cm³/mol. The number of hydrogen-bond donors (Lipinski definition) is 1. The highest BCUT2D eigenvalue weighted by atomic mass is 79.9. The number of benzene rings is 1. The average Bonchev–Trinajstić information content (AvgIpc) is 2.42. The first kappa shape index (κ1) is 18.7. The Balaban J connectivity index is 2.33. The van der Waals surface area contributed by atoms with Gasteiger partial charge in [0.1, 0.15) is 11.4 Å². The second-order valence-corrected chi connectivity index (χ2v) is 7.29. The summed E-state index contributed by atoms with van der Waals surface area (Å²) < 4.78 is 6.17. The van der Waals surface area contributed by atoms with Crippen molar-refractivity contribution in [2.45, 2.75) is 46.1 Å². The number of carbonyl (C=O) groups is 2. The molecular formula is C17H24BrNO3. The summed E-state index contributed by atoms with van der Waals surface area (Å²) in [6.07, 6.45) is 0.696. The molecule has 0 spiro atoms. The zero-order chi connectivity index (χ0) is 16.8. The summed E-state index contributed by atoms with van der Waals surface area (Å²) in [6.45, 7) is 7.54. The Labute approximate surface area is 140 Å². The van der Waals surface area contributed by atoms with E-state index in [-0.39, 0.29) is 11.7 Å². The first-order chi connectivity index (χ1) is 10.2. The molecule has 0 radical (unpaired) electrons. The zero-order valence-corrected chi connectivity index (χ0v) is 15.2. The van der Waals surface area contributed by atoms with Crippen LogP contribution in [0.15, 0.2) is 28.7 Å². The van der Waals surface area contributed by atoms with Crippen LogP contribution in [0, 0.1) is 5.92 Å². The van der Waals surface area contributed by atoms with Crippen molar-refractivity contribution in [3.8, 4) is 0 Å². The number of nitrogens with one attached hydrogen (secondary N) is 1. The molecule has 1 rings (SSSR count). The van der Waals surface area contributed by atoms with Crippen LogP contribution < -0.4 is 5.32 Å². The van der Waals surface area contributed by atoms with Gasteiger partial charge in [0.2, 0.25) is 0 Å². The van der Waals surface area contributed by atoms with Crippen molar-refractivity contribution >= 4 is 27.8 Å². The van der Waals surface area contributed by atoms with Gasteiger partial charge in [-0.3, -0.25) is 4.79 Å². The number of amides is 1. The van der Waals surface area contributed by atoms with Crippen LogP contribution in [-0.4, -0.2) is 24.0 Å². The minimum atomic E-state index is -0.529. The molecule has 1 unspecified atom stereocenters. The Morgan fingerprint density at radius 1 is 1.23 bits per heavy atom. The number of rotatable bonds is 6. The molecule has 0 aliphatic rings. The Kier molecular flexibility index (Phi) is 7.07. The van der Waals surface area contributed by atoms with Crippen molar-refractivity contribution in [1.82, 2.24) is 5.32 Å². The molecule has 122 valence electrons. The first-order valence-electron chi connectivity index (χ1n) is 7.41. The van der Waals surface area contributed by atoms with E-state index in [4.69, 9.17) is 4.74 Å². The first-order valence-corrected chi connectivity index (χ1v) is 8.20. The van der Waals surface area contributed by atoms with Gasteiger partial charge in [0.15, 0.2) is 0 Å². The van der Waals surface area contributed by atoms with Crippen LogP contribution in [0.3, 0.4) is 0 Å². The summed E-state index contributed by atoms with van der Waals surface area (Å²) in [5, 5.41) is 2.64. The van der Waals surface area contributed by atoms with Gasteiger partial charge in [-0.25, -0.2) is 4.79 Å². The fraction of sp³-hybridized carbons (Fsp3) is 0.529. The quantitative estimate of drug-likeness (QED) is 0.820. The molecule has 0 aromatic heterocycles. The molecule has 0 saturated heterocycles. The van der Waals surface area contributed by atoms with E-state index in [1.807, 2.05) is 31.2 Å². The minimum absolute atomic E-state index is 0.138. The maximum absolute atomic E-state index is 12.1. The average molecular weight is 370 g/mol. The molecule has 0 saturated carbocycles. The smallest absolute Gasteiger partial charge is 0.407 e. The van der Waals surface area contributed by atoms with E-state index in [2.05, 4.69) is 21.2 Å². The van der Waals surface area contributed by atoms with E-state index in [0.717, 1.165) is 10.0 Å². The SMILES string of the molecule is CC(CNC(=O)OC(C)(C)C)C(=O)CCc1ccc(Br)cc1. The molecule has 0 bridgehead atoms. The van der Waals surface area contributed by atoms with Gasteiger partial charge in [-0.05, 0) is 44.9 Å². The number of ether oxygens (including phenoxy) is 1. The minimum Gasteiger partial charge on any atom is -0.444 e. The Morgan fingerprint density at radius 3 is 2.36 bits per heavy atom. The lowest BCUT2D eigenvalue weighted by molar-refractivity contribution is -0.122. The van der Waals surface area contributed by atoms with E-state index in [9.17, 15) is 9.59 Å². The third kappa shape index (κ3) is 7.59. The lowest BCUT2D eigenvalue weighted by atomic mass is 9.99. The third-order valence-electron chi connectivity index (χ3n) is 3.07. The maximum atomic E-state index is 12.1. The van der Waals surface area contributed by atoms with E-state index in [1.54, 1.807) is 20.8 Å². The van der Waals surface area contributed by atoms with Crippen LogP contribution >= 0.6 is 15.9 Å². The van der Waals surface area contributed by atoms with Crippen LogP contribution in [0.1, 0.15) is 39.7 Å². The number of halogens is 1. The molecule has 0 fully saturated rings. The van der Waals surface area contributed by atoms with E-state index >= 15 is 0 Å². The van der Waals surface area contributed by atoms with Gasteiger partial charge < -0.3 is 10.1 Å². The molecule has 5 heteroatoms. The summed E-state index contributed by atoms with van der Waals surface area (Å²) in [5.74, 6) is -0.0815. The molecule has 1 aromatic rings. The highest BCUT2D eigenvalue weighted by Crippen LogP contribution is 2.13. The highest BCUT2D eigenvalue weighted by molar-refractivity contribution is 9.10. The van der Waals surface area contributed by atoms with Crippen LogP contribution in [0.25, 0.3) is 0 Å². The number of ketones is 1. The predicted octanol–water partition coefficient (Wildman–Crippen LogP) is 4.11. The lowest BCUT2D eigenvalue weighted by Gasteiger charge is -2.20. The molecule has 4 nitrogen and oxygen atoms in total. The molecule has 1 aromatic carbocycles. The second-order valence-electron chi connectivity index (χ2n) is 6.38. The van der Waals surface area contributed by atoms with E-state index in [1.165, 1.54) is 0 Å². The molecular weight excluding hydrogens is 346 g/mol. The summed E-state index contributed by atoms with van der Waals surface area (Å²) >= 11 is 3.38. The Hall–Kier alpha value is -1.36. The summed E-state index contributed by atoms with van der Waals surface area (Å²) in [4.78, 5) is 23.6. The standard InChI is InChI=1S/C17H24BrNO3/c1-12(11-19-16(21)22-17(2,3)4)15(20)10-7-13-5-8-14(18)9-6-13/h5-6,8-9,12H,7,10-11H2,1-4H3,(H,19,21). The summed E-state index contributed by atoms with van der Waals surface area (Å²) in [6, 6.07) is 7.93. The molecule has 0 heterocycles. The third-order valence-corrected chi connectivity index (χ3v) is 3.60. The van der Waals surface area contributed by atoms with Crippen LogP contribution in [0.5, 0.6) is 0 Å². The van der Waals surface area contributed by atoms with Crippen molar-refractivity contribution in [3.05, 3.63) is 34.3 Å². The molecule has 22 heavy (non-hydrogen) atoms. The Morgan fingerprint density at radius 2 is 1.82 bits per heavy atom. The van der Waals surface area contributed by atoms with Gasteiger partial charge in [0.25, 0.3) is 0 Å². The number of alkyl carbamates (subject to hydrolysis) is 1. The summed E-state index contributed by atoms with van der Waals surface area (Å²) in [5.41, 5.74) is 0.600. The number of aryl methyl sites for hydroxylation is 1. The van der Waals surface area contributed by atoms with Crippen molar-refractivity contribution in [3.63, 3.8) is 0 Å².